The molecule has 0 atom stereocenters. The van der Waals surface area contributed by atoms with E-state index in [1.54, 1.807) is 18.5 Å². The highest BCUT2D eigenvalue weighted by molar-refractivity contribution is 6.30. The van der Waals surface area contributed by atoms with E-state index in [0.29, 0.717) is 34.5 Å². The van der Waals surface area contributed by atoms with E-state index in [2.05, 4.69) is 15.3 Å². The van der Waals surface area contributed by atoms with Gasteiger partial charge in [-0.3, -0.25) is 5.32 Å². The van der Waals surface area contributed by atoms with Gasteiger partial charge in [0.25, 0.3) is 0 Å². The molecule has 1 amide bonds. The zero-order valence-electron chi connectivity index (χ0n) is 22.0. The molecule has 0 radical (unpaired) electrons. The number of nitrogens with one attached hydrogen (secondary N) is 1. The number of anilines is 1. The van der Waals surface area contributed by atoms with Crippen LogP contribution in [0, 0.1) is 5.92 Å². The molecule has 10 heteroatoms. The van der Waals surface area contributed by atoms with Crippen molar-refractivity contribution < 1.29 is 28.9 Å². The van der Waals surface area contributed by atoms with Crippen LogP contribution in [0.4, 0.5) is 10.5 Å². The number of rotatable bonds is 11. The van der Waals surface area contributed by atoms with Crippen molar-refractivity contribution in [3.63, 3.8) is 0 Å². The van der Waals surface area contributed by atoms with E-state index in [9.17, 15) is 14.7 Å². The van der Waals surface area contributed by atoms with Gasteiger partial charge in [-0.25, -0.2) is 19.6 Å². The number of amides is 1. The van der Waals surface area contributed by atoms with E-state index in [1.165, 1.54) is 12.1 Å². The van der Waals surface area contributed by atoms with Crippen molar-refractivity contribution in [2.75, 3.05) is 11.9 Å². The summed E-state index contributed by atoms with van der Waals surface area (Å²) in [6.45, 7) is 4.56. The molecule has 1 heterocycles. The van der Waals surface area contributed by atoms with Crippen molar-refractivity contribution >= 4 is 29.4 Å². The van der Waals surface area contributed by atoms with Gasteiger partial charge in [0, 0.05) is 28.5 Å². The highest BCUT2D eigenvalue weighted by Crippen LogP contribution is 2.24. The quantitative estimate of drug-likeness (QED) is 0.204. The summed E-state index contributed by atoms with van der Waals surface area (Å²) in [7, 11) is 0. The Hall–Kier alpha value is -4.63. The Balaban J connectivity index is 1.33. The van der Waals surface area contributed by atoms with Crippen molar-refractivity contribution in [1.29, 1.82) is 0 Å². The summed E-state index contributed by atoms with van der Waals surface area (Å²) in [5.74, 6) is 0.514. The highest BCUT2D eigenvalue weighted by Gasteiger charge is 2.15. The molecule has 40 heavy (non-hydrogen) atoms. The molecule has 1 aromatic heterocycles. The topological polar surface area (TPSA) is 120 Å². The SMILES string of the molecule is CC(C)COC(=O)Nc1ccc(OCc2cnc(-c3ccc(OCc4cccc(Cl)c4)cc3)nc2)cc1C(=O)O. The van der Waals surface area contributed by atoms with Crippen LogP contribution in [0.3, 0.4) is 0 Å². The number of carbonyl (C=O) groups excluding carboxylic acids is 1. The summed E-state index contributed by atoms with van der Waals surface area (Å²) < 4.78 is 16.6. The maximum Gasteiger partial charge on any atom is 0.411 e. The molecule has 3 aromatic carbocycles. The van der Waals surface area contributed by atoms with Gasteiger partial charge in [0.1, 0.15) is 24.7 Å². The number of carbonyl (C=O) groups is 2. The smallest absolute Gasteiger partial charge is 0.411 e. The summed E-state index contributed by atoms with van der Waals surface area (Å²) in [4.78, 5) is 32.5. The van der Waals surface area contributed by atoms with E-state index >= 15 is 0 Å². The van der Waals surface area contributed by atoms with Crippen LogP contribution in [-0.4, -0.2) is 33.7 Å². The van der Waals surface area contributed by atoms with Crippen molar-refractivity contribution in [3.05, 3.63) is 101 Å². The summed E-state index contributed by atoms with van der Waals surface area (Å²) in [5.41, 5.74) is 2.49. The van der Waals surface area contributed by atoms with E-state index in [0.717, 1.165) is 11.1 Å². The summed E-state index contributed by atoms with van der Waals surface area (Å²) in [6, 6.07) is 19.3. The fourth-order valence-corrected chi connectivity index (χ4v) is 3.74. The summed E-state index contributed by atoms with van der Waals surface area (Å²) in [6.07, 6.45) is 2.57. The maximum absolute atomic E-state index is 11.9. The van der Waals surface area contributed by atoms with Crippen LogP contribution in [-0.2, 0) is 18.0 Å². The first-order chi connectivity index (χ1) is 19.3. The van der Waals surface area contributed by atoms with Crippen LogP contribution in [0.15, 0.2) is 79.1 Å². The van der Waals surface area contributed by atoms with Crippen LogP contribution in [0.1, 0.15) is 35.3 Å². The lowest BCUT2D eigenvalue weighted by atomic mass is 10.1. The monoisotopic (exact) mass is 561 g/mol. The van der Waals surface area contributed by atoms with Gasteiger partial charge in [-0.05, 0) is 66.1 Å². The third kappa shape index (κ3) is 8.18. The van der Waals surface area contributed by atoms with Crippen LogP contribution >= 0.6 is 11.6 Å². The van der Waals surface area contributed by atoms with Gasteiger partial charge in [-0.2, -0.15) is 0 Å². The zero-order valence-corrected chi connectivity index (χ0v) is 22.7. The Labute approximate surface area is 236 Å². The first kappa shape index (κ1) is 28.4. The summed E-state index contributed by atoms with van der Waals surface area (Å²) in [5, 5.41) is 12.7. The van der Waals surface area contributed by atoms with Gasteiger partial charge < -0.3 is 19.3 Å². The first-order valence-corrected chi connectivity index (χ1v) is 12.9. The lowest BCUT2D eigenvalue weighted by Gasteiger charge is -2.12. The van der Waals surface area contributed by atoms with Crippen LogP contribution in [0.25, 0.3) is 11.4 Å². The molecular weight excluding hydrogens is 534 g/mol. The lowest BCUT2D eigenvalue weighted by Crippen LogP contribution is -2.18. The molecule has 0 saturated carbocycles. The number of hydrogen-bond donors (Lipinski definition) is 2. The average Bonchev–Trinajstić information content (AvgIpc) is 2.95. The van der Waals surface area contributed by atoms with Crippen LogP contribution in [0.2, 0.25) is 5.02 Å². The molecule has 0 aliphatic heterocycles. The molecule has 0 fully saturated rings. The van der Waals surface area contributed by atoms with E-state index in [1.807, 2.05) is 62.4 Å². The van der Waals surface area contributed by atoms with Gasteiger partial charge in [0.05, 0.1) is 17.9 Å². The number of nitrogens with zero attached hydrogens (tertiary/aromatic N) is 2. The second-order valence-corrected chi connectivity index (χ2v) is 9.71. The van der Waals surface area contributed by atoms with Gasteiger partial charge in [-0.15, -0.1) is 0 Å². The number of hydrogen-bond acceptors (Lipinski definition) is 7. The maximum atomic E-state index is 11.9. The van der Waals surface area contributed by atoms with Crippen molar-refractivity contribution in [2.45, 2.75) is 27.1 Å². The minimum absolute atomic E-state index is 0.113. The first-order valence-electron chi connectivity index (χ1n) is 12.5. The predicted molar refractivity (Wildman–Crippen MR) is 151 cm³/mol. The van der Waals surface area contributed by atoms with Gasteiger partial charge in [0.15, 0.2) is 5.82 Å². The molecule has 0 aliphatic rings. The van der Waals surface area contributed by atoms with E-state index < -0.39 is 12.1 Å². The van der Waals surface area contributed by atoms with Gasteiger partial charge in [0.2, 0.25) is 0 Å². The molecule has 0 saturated heterocycles. The third-order valence-electron chi connectivity index (χ3n) is 5.52. The van der Waals surface area contributed by atoms with Crippen molar-refractivity contribution in [2.24, 2.45) is 5.92 Å². The molecule has 0 aliphatic carbocycles. The predicted octanol–water partition coefficient (Wildman–Crippen LogP) is 6.86. The number of carboxylic acids is 1. The second kappa shape index (κ2) is 13.4. The molecule has 4 rings (SSSR count). The van der Waals surface area contributed by atoms with Crippen LogP contribution in [0.5, 0.6) is 11.5 Å². The van der Waals surface area contributed by atoms with Gasteiger partial charge >= 0.3 is 12.1 Å². The van der Waals surface area contributed by atoms with Crippen molar-refractivity contribution in [1.82, 2.24) is 9.97 Å². The van der Waals surface area contributed by atoms with Crippen LogP contribution < -0.4 is 14.8 Å². The molecule has 0 spiro atoms. The molecule has 0 bridgehead atoms. The molecule has 4 aromatic rings. The largest absolute Gasteiger partial charge is 0.489 e. The minimum Gasteiger partial charge on any atom is -0.489 e. The Morgan fingerprint density at radius 3 is 2.25 bits per heavy atom. The normalized spacial score (nSPS) is 10.7. The molecular formula is C30H28ClN3O6. The number of benzene rings is 3. The highest BCUT2D eigenvalue weighted by atomic mass is 35.5. The zero-order chi connectivity index (χ0) is 28.5. The average molecular weight is 562 g/mol. The molecule has 2 N–H and O–H groups in total. The standard InChI is InChI=1S/C30H28ClN3O6/c1-19(2)16-40-30(37)34-27-11-10-25(13-26(27)29(35)36)39-18-21-14-32-28(33-15-21)22-6-8-24(9-7-22)38-17-20-4-3-5-23(31)12-20/h3-15,19H,16-18H2,1-2H3,(H,34,37)(H,35,36). The fourth-order valence-electron chi connectivity index (χ4n) is 3.53. The number of ether oxygens (including phenoxy) is 3. The Kier molecular flexibility index (Phi) is 9.53. The number of carboxylic acid groups (broad SMARTS) is 1. The molecule has 0 unspecified atom stereocenters. The number of aromatic nitrogens is 2. The second-order valence-electron chi connectivity index (χ2n) is 9.28. The Bertz CT molecular complexity index is 1460. The fraction of sp³-hybridized carbons (Fsp3) is 0.200. The summed E-state index contributed by atoms with van der Waals surface area (Å²) >= 11 is 6.02. The number of aromatic carboxylic acids is 1. The Morgan fingerprint density at radius 1 is 0.900 bits per heavy atom. The van der Waals surface area contributed by atoms with E-state index in [-0.39, 0.29) is 30.4 Å². The molecule has 9 nitrogen and oxygen atoms in total. The van der Waals surface area contributed by atoms with Gasteiger partial charge in [-0.1, -0.05) is 37.6 Å². The Morgan fingerprint density at radius 2 is 1.57 bits per heavy atom. The van der Waals surface area contributed by atoms with Crippen molar-refractivity contribution in [3.8, 4) is 22.9 Å². The minimum atomic E-state index is -1.21. The lowest BCUT2D eigenvalue weighted by molar-refractivity contribution is 0.0697. The molecule has 206 valence electrons. The number of halogens is 1. The van der Waals surface area contributed by atoms with E-state index in [4.69, 9.17) is 25.8 Å². The third-order valence-corrected chi connectivity index (χ3v) is 5.76.